The molecule has 1 amide bonds. The summed E-state index contributed by atoms with van der Waals surface area (Å²) in [6.45, 7) is 0. The lowest BCUT2D eigenvalue weighted by atomic mass is 10.1. The Balaban J connectivity index is 1.56. The van der Waals surface area contributed by atoms with Gasteiger partial charge in [0.15, 0.2) is 15.0 Å². The first kappa shape index (κ1) is 21.7. The third-order valence-electron chi connectivity index (χ3n) is 4.56. The van der Waals surface area contributed by atoms with Crippen LogP contribution in [0.5, 0.6) is 5.75 Å². The van der Waals surface area contributed by atoms with E-state index < -0.39 is 21.3 Å². The zero-order chi connectivity index (χ0) is 22.9. The van der Waals surface area contributed by atoms with Crippen molar-refractivity contribution in [2.24, 2.45) is 0 Å². The van der Waals surface area contributed by atoms with Crippen LogP contribution in [0.4, 0.5) is 5.13 Å². The molecule has 0 saturated carbocycles. The molecule has 0 aliphatic rings. The Labute approximate surface area is 187 Å². The third kappa shape index (κ3) is 4.84. The largest absolute Gasteiger partial charge is 0.497 e. The van der Waals surface area contributed by atoms with Crippen molar-refractivity contribution < 1.29 is 17.9 Å². The van der Waals surface area contributed by atoms with Crippen LogP contribution in [0.1, 0.15) is 21.9 Å². The number of carbonyl (C=O) groups excluding carboxylic acids is 1. The molecular formula is C21H18N4O5S2. The van der Waals surface area contributed by atoms with E-state index in [4.69, 9.17) is 4.74 Å². The molecule has 2 aromatic heterocycles. The predicted octanol–water partition coefficient (Wildman–Crippen LogP) is 2.63. The number of carbonyl (C=O) groups is 1. The van der Waals surface area contributed by atoms with E-state index in [-0.39, 0.29) is 15.7 Å². The summed E-state index contributed by atoms with van der Waals surface area (Å²) in [5, 5.41) is 2.90. The third-order valence-corrected chi connectivity index (χ3v) is 6.61. The van der Waals surface area contributed by atoms with Gasteiger partial charge in [0, 0.05) is 18.7 Å². The zero-order valence-corrected chi connectivity index (χ0v) is 18.7. The molecule has 0 aliphatic heterocycles. The van der Waals surface area contributed by atoms with E-state index in [1.165, 1.54) is 12.1 Å². The van der Waals surface area contributed by atoms with Gasteiger partial charge in [0.2, 0.25) is 0 Å². The minimum atomic E-state index is -3.35. The fraction of sp³-hybridized carbons (Fsp3) is 0.143. The maximum Gasteiger partial charge on any atom is 0.276 e. The monoisotopic (exact) mass is 470 g/mol. The van der Waals surface area contributed by atoms with Crippen LogP contribution < -0.4 is 15.6 Å². The summed E-state index contributed by atoms with van der Waals surface area (Å²) in [6.07, 6.45) is 1.45. The highest BCUT2D eigenvalue weighted by atomic mass is 32.2. The summed E-state index contributed by atoms with van der Waals surface area (Å²) < 4.78 is 29.2. The molecule has 0 bridgehead atoms. The van der Waals surface area contributed by atoms with Crippen molar-refractivity contribution in [2.75, 3.05) is 18.7 Å². The summed E-state index contributed by atoms with van der Waals surface area (Å²) in [5.74, 6) is 0.465. The first-order valence-electron chi connectivity index (χ1n) is 9.36. The number of nitrogens with one attached hydrogen (secondary N) is 2. The number of nitrogens with zero attached hydrogens (tertiary/aromatic N) is 2. The maximum absolute atomic E-state index is 12.7. The molecule has 2 N–H and O–H groups in total. The van der Waals surface area contributed by atoms with Crippen LogP contribution in [0, 0.1) is 0 Å². The number of H-pyrrole nitrogens is 1. The second-order valence-corrected chi connectivity index (χ2v) is 10.0. The number of hydrogen-bond acceptors (Lipinski definition) is 8. The molecule has 0 aliphatic carbocycles. The smallest absolute Gasteiger partial charge is 0.276 e. The molecule has 11 heteroatoms. The minimum absolute atomic E-state index is 0.0478. The number of hydrogen-bond donors (Lipinski definition) is 2. The first-order chi connectivity index (χ1) is 15.2. The number of amides is 1. The highest BCUT2D eigenvalue weighted by molar-refractivity contribution is 7.90. The van der Waals surface area contributed by atoms with E-state index in [0.29, 0.717) is 28.2 Å². The maximum atomic E-state index is 12.7. The lowest BCUT2D eigenvalue weighted by molar-refractivity contribution is 0.102. The Hall–Kier alpha value is -3.57. The number of anilines is 1. The highest BCUT2D eigenvalue weighted by Gasteiger charge is 2.15. The predicted molar refractivity (Wildman–Crippen MR) is 121 cm³/mol. The van der Waals surface area contributed by atoms with Gasteiger partial charge in [-0.15, -0.1) is 0 Å². The number of sulfone groups is 1. The molecular weight excluding hydrogens is 452 g/mol. The lowest BCUT2D eigenvalue weighted by Gasteiger charge is -2.05. The number of thiazole rings is 1. The van der Waals surface area contributed by atoms with Gasteiger partial charge in [-0.05, 0) is 35.9 Å². The van der Waals surface area contributed by atoms with Gasteiger partial charge in [-0.2, -0.15) is 0 Å². The fourth-order valence-electron chi connectivity index (χ4n) is 3.00. The molecule has 0 saturated heterocycles. The molecule has 0 spiro atoms. The van der Waals surface area contributed by atoms with Gasteiger partial charge >= 0.3 is 0 Å². The van der Waals surface area contributed by atoms with Crippen LogP contribution in [-0.2, 0) is 16.3 Å². The van der Waals surface area contributed by atoms with Gasteiger partial charge in [-0.25, -0.2) is 18.4 Å². The van der Waals surface area contributed by atoms with Crippen molar-refractivity contribution in [3.63, 3.8) is 0 Å². The van der Waals surface area contributed by atoms with E-state index in [1.807, 2.05) is 12.1 Å². The minimum Gasteiger partial charge on any atom is -0.497 e. The van der Waals surface area contributed by atoms with Crippen LogP contribution in [0.25, 0.3) is 10.2 Å². The molecule has 2 heterocycles. The summed E-state index contributed by atoms with van der Waals surface area (Å²) in [7, 11) is -1.78. The first-order valence-corrected chi connectivity index (χ1v) is 12.1. The average molecular weight is 471 g/mol. The van der Waals surface area contributed by atoms with Crippen LogP contribution in [0.3, 0.4) is 0 Å². The van der Waals surface area contributed by atoms with Crippen molar-refractivity contribution in [1.82, 2.24) is 15.0 Å². The second-order valence-electron chi connectivity index (χ2n) is 6.98. The molecule has 164 valence electrons. The molecule has 0 unspecified atom stereocenters. The number of fused-ring (bicyclic) bond motifs is 1. The van der Waals surface area contributed by atoms with Crippen molar-refractivity contribution in [3.8, 4) is 5.75 Å². The van der Waals surface area contributed by atoms with Crippen LogP contribution in [-0.4, -0.2) is 42.6 Å². The SMILES string of the molecule is COc1ccc(Cc2nc(C(=O)Nc3nc4ccc(S(C)(=O)=O)cc4s3)cc(=O)[nH]2)cc1. The van der Waals surface area contributed by atoms with Gasteiger partial charge < -0.3 is 9.72 Å². The Morgan fingerprint density at radius 1 is 1.12 bits per heavy atom. The van der Waals surface area contributed by atoms with Gasteiger partial charge in [-0.1, -0.05) is 23.5 Å². The van der Waals surface area contributed by atoms with Gasteiger partial charge in [-0.3, -0.25) is 14.9 Å². The van der Waals surface area contributed by atoms with Gasteiger partial charge in [0.1, 0.15) is 17.3 Å². The molecule has 4 aromatic rings. The Bertz CT molecular complexity index is 1470. The van der Waals surface area contributed by atoms with Crippen molar-refractivity contribution in [1.29, 1.82) is 0 Å². The number of aromatic nitrogens is 3. The van der Waals surface area contributed by atoms with Crippen molar-refractivity contribution >= 4 is 42.4 Å². The molecule has 0 fully saturated rings. The number of ether oxygens (including phenoxy) is 1. The van der Waals surface area contributed by atoms with Gasteiger partial charge in [0.25, 0.3) is 11.5 Å². The topological polar surface area (TPSA) is 131 Å². The molecule has 4 rings (SSSR count). The average Bonchev–Trinajstić information content (AvgIpc) is 3.14. The quantitative estimate of drug-likeness (QED) is 0.443. The Kier molecular flexibility index (Phi) is 5.76. The standard InChI is InChI=1S/C21H18N4O5S2/c1-30-13-5-3-12(4-6-13)9-18-22-16(11-19(26)24-18)20(27)25-21-23-15-8-7-14(32(2,28)29)10-17(15)31-21/h3-8,10-11H,9H2,1-2H3,(H,22,24,26)(H,23,25,27). The molecule has 0 atom stereocenters. The summed E-state index contributed by atoms with van der Waals surface area (Å²) in [6, 6.07) is 13.0. The summed E-state index contributed by atoms with van der Waals surface area (Å²) in [5.41, 5.74) is 0.945. The van der Waals surface area contributed by atoms with Crippen LogP contribution in [0.15, 0.2) is 58.2 Å². The van der Waals surface area contributed by atoms with E-state index >= 15 is 0 Å². The van der Waals surface area contributed by atoms with E-state index in [1.54, 1.807) is 25.3 Å². The molecule has 32 heavy (non-hydrogen) atoms. The van der Waals surface area contributed by atoms with Crippen molar-refractivity contribution in [2.45, 2.75) is 11.3 Å². The summed E-state index contributed by atoms with van der Waals surface area (Å²) >= 11 is 1.13. The van der Waals surface area contributed by atoms with Crippen molar-refractivity contribution in [3.05, 3.63) is 76.0 Å². The highest BCUT2D eigenvalue weighted by Crippen LogP contribution is 2.28. The number of aromatic amines is 1. The fourth-order valence-corrected chi connectivity index (χ4v) is 4.62. The Morgan fingerprint density at radius 3 is 2.56 bits per heavy atom. The second kappa shape index (κ2) is 8.52. The summed E-state index contributed by atoms with van der Waals surface area (Å²) in [4.78, 5) is 36.1. The van der Waals surface area contributed by atoms with Crippen LogP contribution in [0.2, 0.25) is 0 Å². The number of rotatable bonds is 6. The van der Waals surface area contributed by atoms with Crippen LogP contribution >= 0.6 is 11.3 Å². The lowest BCUT2D eigenvalue weighted by Crippen LogP contribution is -2.20. The van der Waals surface area contributed by atoms with E-state index in [9.17, 15) is 18.0 Å². The Morgan fingerprint density at radius 2 is 1.88 bits per heavy atom. The number of methoxy groups -OCH3 is 1. The molecule has 2 aromatic carbocycles. The molecule has 0 radical (unpaired) electrons. The molecule has 9 nitrogen and oxygen atoms in total. The van der Waals surface area contributed by atoms with E-state index in [0.717, 1.165) is 29.2 Å². The van der Waals surface area contributed by atoms with Gasteiger partial charge in [0.05, 0.1) is 22.2 Å². The normalized spacial score (nSPS) is 11.4. The zero-order valence-electron chi connectivity index (χ0n) is 17.1. The van der Waals surface area contributed by atoms with E-state index in [2.05, 4.69) is 20.3 Å². The number of benzene rings is 2.